The van der Waals surface area contributed by atoms with Crippen molar-refractivity contribution in [3.8, 4) is 0 Å². The fourth-order valence-electron chi connectivity index (χ4n) is 3.79. The number of rotatable bonds is 5. The number of benzene rings is 2. The maximum absolute atomic E-state index is 2.50. The van der Waals surface area contributed by atoms with E-state index in [0.717, 1.165) is 13.0 Å². The van der Waals surface area contributed by atoms with Crippen LogP contribution in [0.5, 0.6) is 0 Å². The fraction of sp³-hybridized carbons (Fsp3) is 0.364. The summed E-state index contributed by atoms with van der Waals surface area (Å²) < 4.78 is 2.50. The molecule has 0 N–H and O–H groups in total. The topological polar surface area (TPSA) is 4.93 Å². The van der Waals surface area contributed by atoms with Crippen molar-refractivity contribution in [3.05, 3.63) is 70.9 Å². The predicted molar refractivity (Wildman–Crippen MR) is 100 cm³/mol. The third kappa shape index (κ3) is 2.93. The van der Waals surface area contributed by atoms with Gasteiger partial charge in [-0.1, -0.05) is 69.7 Å². The summed E-state index contributed by atoms with van der Waals surface area (Å²) >= 11 is 0. The second kappa shape index (κ2) is 6.62. The minimum Gasteiger partial charge on any atom is -0.340 e. The van der Waals surface area contributed by atoms with Gasteiger partial charge in [0.25, 0.3) is 0 Å². The van der Waals surface area contributed by atoms with E-state index in [9.17, 15) is 0 Å². The van der Waals surface area contributed by atoms with Crippen LogP contribution in [0.1, 0.15) is 55.5 Å². The average Bonchev–Trinajstić information content (AvgIpc) is 2.82. The smallest absolute Gasteiger partial charge is 0.0488 e. The van der Waals surface area contributed by atoms with Gasteiger partial charge in [0.2, 0.25) is 0 Å². The Morgan fingerprint density at radius 1 is 0.913 bits per heavy atom. The summed E-state index contributed by atoms with van der Waals surface area (Å²) in [6.07, 6.45) is 2.35. The van der Waals surface area contributed by atoms with Crippen LogP contribution in [-0.2, 0) is 13.0 Å². The maximum Gasteiger partial charge on any atom is 0.0488 e. The number of hydrogen-bond acceptors (Lipinski definition) is 0. The van der Waals surface area contributed by atoms with Crippen LogP contribution in [0.15, 0.2) is 48.5 Å². The van der Waals surface area contributed by atoms with Crippen LogP contribution in [0.4, 0.5) is 0 Å². The van der Waals surface area contributed by atoms with E-state index in [1.807, 2.05) is 0 Å². The molecule has 0 saturated heterocycles. The summed E-state index contributed by atoms with van der Waals surface area (Å²) in [5, 5.41) is 1.41. The van der Waals surface area contributed by atoms with Crippen molar-refractivity contribution < 1.29 is 0 Å². The summed E-state index contributed by atoms with van der Waals surface area (Å²) in [6.45, 7) is 10.1. The molecule has 0 aliphatic rings. The maximum atomic E-state index is 2.50. The highest BCUT2D eigenvalue weighted by Gasteiger charge is 2.16. The van der Waals surface area contributed by atoms with Crippen molar-refractivity contribution in [2.45, 2.75) is 53.0 Å². The van der Waals surface area contributed by atoms with Crippen LogP contribution in [-0.4, -0.2) is 4.57 Å². The van der Waals surface area contributed by atoms with Gasteiger partial charge in [0.15, 0.2) is 0 Å². The zero-order valence-corrected chi connectivity index (χ0v) is 14.8. The first kappa shape index (κ1) is 15.9. The molecular weight excluding hydrogens is 278 g/mol. The van der Waals surface area contributed by atoms with Gasteiger partial charge in [0.1, 0.15) is 0 Å². The normalized spacial score (nSPS) is 11.5. The molecule has 0 aliphatic heterocycles. The minimum atomic E-state index is 0.548. The van der Waals surface area contributed by atoms with Crippen LogP contribution >= 0.6 is 0 Å². The summed E-state index contributed by atoms with van der Waals surface area (Å²) in [6, 6.07) is 17.7. The highest BCUT2D eigenvalue weighted by molar-refractivity contribution is 5.86. The Bertz CT molecular complexity index is 808. The highest BCUT2D eigenvalue weighted by Crippen LogP contribution is 2.32. The van der Waals surface area contributed by atoms with E-state index in [4.69, 9.17) is 0 Å². The van der Waals surface area contributed by atoms with Crippen LogP contribution in [0.3, 0.4) is 0 Å². The third-order valence-corrected chi connectivity index (χ3v) is 4.82. The van der Waals surface area contributed by atoms with Gasteiger partial charge in [0, 0.05) is 23.1 Å². The summed E-state index contributed by atoms with van der Waals surface area (Å²) in [4.78, 5) is 0. The Morgan fingerprint density at radius 2 is 1.57 bits per heavy atom. The predicted octanol–water partition coefficient (Wildman–Crippen LogP) is 6.07. The van der Waals surface area contributed by atoms with Gasteiger partial charge in [-0.3, -0.25) is 0 Å². The van der Waals surface area contributed by atoms with E-state index >= 15 is 0 Å². The molecular formula is C22H27N. The number of hydrogen-bond donors (Lipinski definition) is 0. The van der Waals surface area contributed by atoms with Gasteiger partial charge in [-0.25, -0.2) is 0 Å². The molecule has 3 rings (SSSR count). The second-order valence-electron chi connectivity index (χ2n) is 6.78. The molecule has 1 heterocycles. The van der Waals surface area contributed by atoms with E-state index < -0.39 is 0 Å². The quantitative estimate of drug-likeness (QED) is 0.539. The van der Waals surface area contributed by atoms with E-state index in [1.54, 1.807) is 0 Å². The zero-order chi connectivity index (χ0) is 16.4. The molecule has 1 nitrogen and oxygen atoms in total. The monoisotopic (exact) mass is 305 g/mol. The molecule has 3 aromatic rings. The summed E-state index contributed by atoms with van der Waals surface area (Å²) in [7, 11) is 0. The SMILES string of the molecule is CCCc1ccccc1Cn1c(C)c(C(C)C)c2ccccc21. The van der Waals surface area contributed by atoms with Crippen molar-refractivity contribution in [2.24, 2.45) is 0 Å². The first-order chi connectivity index (χ1) is 11.1. The Hall–Kier alpha value is -2.02. The Morgan fingerprint density at radius 3 is 2.26 bits per heavy atom. The molecule has 0 unspecified atom stereocenters. The van der Waals surface area contributed by atoms with Gasteiger partial charge in [-0.15, -0.1) is 0 Å². The van der Waals surface area contributed by atoms with E-state index in [0.29, 0.717) is 5.92 Å². The Kier molecular flexibility index (Phi) is 4.56. The van der Waals surface area contributed by atoms with E-state index in [1.165, 1.54) is 39.7 Å². The van der Waals surface area contributed by atoms with Crippen LogP contribution in [0.2, 0.25) is 0 Å². The molecule has 0 amide bonds. The number of fused-ring (bicyclic) bond motifs is 1. The van der Waals surface area contributed by atoms with Crippen molar-refractivity contribution in [2.75, 3.05) is 0 Å². The molecule has 0 atom stereocenters. The van der Waals surface area contributed by atoms with Crippen molar-refractivity contribution in [3.63, 3.8) is 0 Å². The third-order valence-electron chi connectivity index (χ3n) is 4.82. The first-order valence-electron chi connectivity index (χ1n) is 8.78. The van der Waals surface area contributed by atoms with Gasteiger partial charge in [0.05, 0.1) is 0 Å². The van der Waals surface area contributed by atoms with Gasteiger partial charge in [-0.2, -0.15) is 0 Å². The lowest BCUT2D eigenvalue weighted by Crippen LogP contribution is -2.05. The molecule has 2 aromatic carbocycles. The first-order valence-corrected chi connectivity index (χ1v) is 8.78. The standard InChI is InChI=1S/C22H27N/c1-5-10-18-11-6-7-12-19(18)15-23-17(4)22(16(2)3)20-13-8-9-14-21(20)23/h6-9,11-14,16H,5,10,15H2,1-4H3. The van der Waals surface area contributed by atoms with E-state index in [-0.39, 0.29) is 0 Å². The lowest BCUT2D eigenvalue weighted by molar-refractivity contribution is 0.763. The zero-order valence-electron chi connectivity index (χ0n) is 14.8. The van der Waals surface area contributed by atoms with Crippen LogP contribution in [0.25, 0.3) is 10.9 Å². The molecule has 1 aromatic heterocycles. The molecule has 0 bridgehead atoms. The number of nitrogens with zero attached hydrogens (tertiary/aromatic N) is 1. The molecule has 0 aliphatic carbocycles. The van der Waals surface area contributed by atoms with Crippen molar-refractivity contribution >= 4 is 10.9 Å². The van der Waals surface area contributed by atoms with Gasteiger partial charge in [-0.05, 0) is 42.0 Å². The molecule has 1 heteroatoms. The molecule has 0 saturated carbocycles. The van der Waals surface area contributed by atoms with Crippen LogP contribution in [0, 0.1) is 6.92 Å². The van der Waals surface area contributed by atoms with Crippen molar-refractivity contribution in [1.29, 1.82) is 0 Å². The molecule has 0 spiro atoms. The largest absolute Gasteiger partial charge is 0.340 e. The Labute approximate surface area is 140 Å². The minimum absolute atomic E-state index is 0.548. The summed E-state index contributed by atoms with van der Waals surface area (Å²) in [5.74, 6) is 0.548. The summed E-state index contributed by atoms with van der Waals surface area (Å²) in [5.41, 5.74) is 7.20. The fourth-order valence-corrected chi connectivity index (χ4v) is 3.79. The molecule has 120 valence electrons. The Balaban J connectivity index is 2.13. The van der Waals surface area contributed by atoms with Gasteiger partial charge < -0.3 is 4.57 Å². The lowest BCUT2D eigenvalue weighted by Gasteiger charge is -2.13. The van der Waals surface area contributed by atoms with Gasteiger partial charge >= 0.3 is 0 Å². The number of aromatic nitrogens is 1. The lowest BCUT2D eigenvalue weighted by atomic mass is 10.00. The number of para-hydroxylation sites is 1. The van der Waals surface area contributed by atoms with Crippen LogP contribution < -0.4 is 0 Å². The molecule has 23 heavy (non-hydrogen) atoms. The number of aryl methyl sites for hydroxylation is 1. The average molecular weight is 305 g/mol. The second-order valence-corrected chi connectivity index (χ2v) is 6.78. The highest BCUT2D eigenvalue weighted by atomic mass is 15.0. The van der Waals surface area contributed by atoms with E-state index in [2.05, 4.69) is 80.8 Å². The van der Waals surface area contributed by atoms with Crippen molar-refractivity contribution in [1.82, 2.24) is 4.57 Å². The molecule has 0 radical (unpaired) electrons. The molecule has 0 fully saturated rings.